The summed E-state index contributed by atoms with van der Waals surface area (Å²) in [5.41, 5.74) is 2.05. The molecule has 4 nitrogen and oxygen atoms in total. The highest BCUT2D eigenvalue weighted by Crippen LogP contribution is 2.29. The van der Waals surface area contributed by atoms with Crippen molar-refractivity contribution in [3.8, 4) is 17.0 Å². The molecule has 1 unspecified atom stereocenters. The van der Waals surface area contributed by atoms with Crippen LogP contribution in [0.25, 0.3) is 11.3 Å². The zero-order valence-corrected chi connectivity index (χ0v) is 11.6. The van der Waals surface area contributed by atoms with E-state index < -0.39 is 0 Å². The molecule has 0 aliphatic carbocycles. The first-order valence-electron chi connectivity index (χ1n) is 6.29. The van der Waals surface area contributed by atoms with Crippen LogP contribution in [0.15, 0.2) is 29.6 Å². The third-order valence-corrected chi connectivity index (χ3v) is 4.03. The van der Waals surface area contributed by atoms with Crippen LogP contribution in [-0.2, 0) is 4.74 Å². The molecule has 1 fully saturated rings. The van der Waals surface area contributed by atoms with Crippen molar-refractivity contribution >= 4 is 11.3 Å². The van der Waals surface area contributed by atoms with E-state index in [1.807, 2.05) is 24.3 Å². The summed E-state index contributed by atoms with van der Waals surface area (Å²) in [6.07, 6.45) is 0.0816. The molecule has 5 heteroatoms. The summed E-state index contributed by atoms with van der Waals surface area (Å²) >= 11 is 1.65. The van der Waals surface area contributed by atoms with Crippen molar-refractivity contribution in [2.24, 2.45) is 0 Å². The van der Waals surface area contributed by atoms with Gasteiger partial charge in [0.05, 0.1) is 19.4 Å². The molecular weight excluding hydrogens is 260 g/mol. The molecule has 2 aromatic rings. The lowest BCUT2D eigenvalue weighted by molar-refractivity contribution is 0.0276. The van der Waals surface area contributed by atoms with Crippen molar-refractivity contribution in [3.63, 3.8) is 0 Å². The lowest BCUT2D eigenvalue weighted by Gasteiger charge is -2.21. The number of benzene rings is 1. The molecule has 1 atom stereocenters. The molecule has 1 aliphatic rings. The number of morpholine rings is 1. The minimum absolute atomic E-state index is 0.0816. The van der Waals surface area contributed by atoms with Crippen molar-refractivity contribution < 1.29 is 9.47 Å². The first-order chi connectivity index (χ1) is 9.36. The zero-order chi connectivity index (χ0) is 13.1. The fourth-order valence-corrected chi connectivity index (χ4v) is 2.95. The fourth-order valence-electron chi connectivity index (χ4n) is 2.07. The fraction of sp³-hybridized carbons (Fsp3) is 0.357. The van der Waals surface area contributed by atoms with Gasteiger partial charge in [0, 0.05) is 24.0 Å². The molecule has 1 saturated heterocycles. The van der Waals surface area contributed by atoms with E-state index in [0.29, 0.717) is 0 Å². The van der Waals surface area contributed by atoms with Gasteiger partial charge in [0.15, 0.2) is 0 Å². The number of ether oxygens (including phenoxy) is 2. The predicted molar refractivity (Wildman–Crippen MR) is 75.7 cm³/mol. The van der Waals surface area contributed by atoms with Crippen LogP contribution in [0.3, 0.4) is 0 Å². The van der Waals surface area contributed by atoms with Crippen LogP contribution < -0.4 is 10.1 Å². The van der Waals surface area contributed by atoms with Gasteiger partial charge in [-0.25, -0.2) is 4.98 Å². The number of thiazole rings is 1. The monoisotopic (exact) mass is 276 g/mol. The van der Waals surface area contributed by atoms with Gasteiger partial charge in [-0.3, -0.25) is 0 Å². The Morgan fingerprint density at radius 2 is 2.42 bits per heavy atom. The van der Waals surface area contributed by atoms with Crippen LogP contribution >= 0.6 is 11.3 Å². The lowest BCUT2D eigenvalue weighted by atomic mass is 10.1. The molecule has 1 aromatic heterocycles. The molecule has 100 valence electrons. The maximum absolute atomic E-state index is 5.72. The van der Waals surface area contributed by atoms with Crippen LogP contribution in [0.1, 0.15) is 11.1 Å². The minimum atomic E-state index is 0.0816. The second kappa shape index (κ2) is 5.69. The smallest absolute Gasteiger partial charge is 0.124 e. The van der Waals surface area contributed by atoms with Gasteiger partial charge in [0.1, 0.15) is 16.9 Å². The third kappa shape index (κ3) is 2.78. The zero-order valence-electron chi connectivity index (χ0n) is 10.8. The predicted octanol–water partition coefficient (Wildman–Crippen LogP) is 2.48. The summed E-state index contributed by atoms with van der Waals surface area (Å²) in [4.78, 5) is 4.68. The summed E-state index contributed by atoms with van der Waals surface area (Å²) in [6, 6.07) is 7.96. The van der Waals surface area contributed by atoms with E-state index in [1.54, 1.807) is 18.4 Å². The van der Waals surface area contributed by atoms with Crippen molar-refractivity contribution in [2.75, 3.05) is 26.8 Å². The Labute approximate surface area is 116 Å². The molecule has 0 bridgehead atoms. The molecule has 0 saturated carbocycles. The molecule has 0 radical (unpaired) electrons. The molecular formula is C14H16N2O2S. The van der Waals surface area contributed by atoms with E-state index in [2.05, 4.69) is 15.7 Å². The standard InChI is InChI=1S/C14H16N2O2S/c1-17-11-4-2-3-10(7-11)12-9-19-14(16-12)13-8-15-5-6-18-13/h2-4,7,9,13,15H,5-6,8H2,1H3. The Hall–Kier alpha value is -1.43. The van der Waals surface area contributed by atoms with E-state index >= 15 is 0 Å². The first-order valence-corrected chi connectivity index (χ1v) is 7.17. The number of hydrogen-bond acceptors (Lipinski definition) is 5. The van der Waals surface area contributed by atoms with Crippen LogP contribution in [-0.4, -0.2) is 31.8 Å². The van der Waals surface area contributed by atoms with E-state index in [0.717, 1.165) is 41.7 Å². The lowest BCUT2D eigenvalue weighted by Crippen LogP contribution is -2.33. The maximum Gasteiger partial charge on any atom is 0.124 e. The van der Waals surface area contributed by atoms with Crippen LogP contribution in [0.2, 0.25) is 0 Å². The quantitative estimate of drug-likeness (QED) is 0.935. The summed E-state index contributed by atoms with van der Waals surface area (Å²) in [6.45, 7) is 2.51. The van der Waals surface area contributed by atoms with Crippen molar-refractivity contribution in [3.05, 3.63) is 34.7 Å². The van der Waals surface area contributed by atoms with Gasteiger partial charge in [0.25, 0.3) is 0 Å². The average molecular weight is 276 g/mol. The van der Waals surface area contributed by atoms with Gasteiger partial charge in [0.2, 0.25) is 0 Å². The summed E-state index contributed by atoms with van der Waals surface area (Å²) in [5, 5.41) is 6.43. The summed E-state index contributed by atoms with van der Waals surface area (Å²) < 4.78 is 11.0. The van der Waals surface area contributed by atoms with E-state index in [4.69, 9.17) is 9.47 Å². The molecule has 19 heavy (non-hydrogen) atoms. The number of nitrogens with zero attached hydrogens (tertiary/aromatic N) is 1. The van der Waals surface area contributed by atoms with Crippen molar-refractivity contribution in [1.82, 2.24) is 10.3 Å². The van der Waals surface area contributed by atoms with Crippen molar-refractivity contribution in [1.29, 1.82) is 0 Å². The minimum Gasteiger partial charge on any atom is -0.497 e. The van der Waals surface area contributed by atoms with Gasteiger partial charge in [-0.15, -0.1) is 11.3 Å². The molecule has 2 heterocycles. The Morgan fingerprint density at radius 3 is 3.21 bits per heavy atom. The number of hydrogen-bond donors (Lipinski definition) is 1. The molecule has 0 spiro atoms. The number of rotatable bonds is 3. The van der Waals surface area contributed by atoms with Gasteiger partial charge in [-0.05, 0) is 12.1 Å². The van der Waals surface area contributed by atoms with Crippen LogP contribution in [0, 0.1) is 0 Å². The van der Waals surface area contributed by atoms with Crippen LogP contribution in [0.5, 0.6) is 5.75 Å². The van der Waals surface area contributed by atoms with Gasteiger partial charge >= 0.3 is 0 Å². The largest absolute Gasteiger partial charge is 0.497 e. The highest BCUT2D eigenvalue weighted by molar-refractivity contribution is 7.10. The maximum atomic E-state index is 5.72. The number of aromatic nitrogens is 1. The molecule has 1 aliphatic heterocycles. The Balaban J connectivity index is 1.83. The van der Waals surface area contributed by atoms with Gasteiger partial charge < -0.3 is 14.8 Å². The number of nitrogens with one attached hydrogen (secondary N) is 1. The van der Waals surface area contributed by atoms with Crippen LogP contribution in [0.4, 0.5) is 0 Å². The van der Waals surface area contributed by atoms with E-state index in [-0.39, 0.29) is 6.10 Å². The highest BCUT2D eigenvalue weighted by Gasteiger charge is 2.19. The summed E-state index contributed by atoms with van der Waals surface area (Å²) in [7, 11) is 1.67. The molecule has 3 rings (SSSR count). The average Bonchev–Trinajstić information content (AvgIpc) is 2.98. The SMILES string of the molecule is COc1cccc(-c2csc(C3CNCCO3)n2)c1. The molecule has 1 N–H and O–H groups in total. The highest BCUT2D eigenvalue weighted by atomic mass is 32.1. The second-order valence-corrected chi connectivity index (χ2v) is 5.26. The van der Waals surface area contributed by atoms with Gasteiger partial charge in [-0.2, -0.15) is 0 Å². The Morgan fingerprint density at radius 1 is 1.47 bits per heavy atom. The first kappa shape index (κ1) is 12.6. The normalized spacial score (nSPS) is 19.3. The van der Waals surface area contributed by atoms with E-state index in [9.17, 15) is 0 Å². The summed E-state index contributed by atoms with van der Waals surface area (Å²) in [5.74, 6) is 0.850. The van der Waals surface area contributed by atoms with Crippen molar-refractivity contribution in [2.45, 2.75) is 6.10 Å². The molecule has 0 amide bonds. The Bertz CT molecular complexity index is 550. The number of methoxy groups -OCH3 is 1. The molecule has 1 aromatic carbocycles. The van der Waals surface area contributed by atoms with Gasteiger partial charge in [-0.1, -0.05) is 12.1 Å². The van der Waals surface area contributed by atoms with E-state index in [1.165, 1.54) is 0 Å². The topological polar surface area (TPSA) is 43.4 Å². The Kier molecular flexibility index (Phi) is 3.77. The second-order valence-electron chi connectivity index (χ2n) is 4.37. The third-order valence-electron chi connectivity index (χ3n) is 3.09.